The summed E-state index contributed by atoms with van der Waals surface area (Å²) in [4.78, 5) is 0. The van der Waals surface area contributed by atoms with Crippen molar-refractivity contribution in [2.45, 2.75) is 4.75 Å². The van der Waals surface area contributed by atoms with Gasteiger partial charge >= 0.3 is 0 Å². The fourth-order valence-corrected chi connectivity index (χ4v) is 5.03. The molecular weight excluding hydrogens is 482 g/mol. The van der Waals surface area contributed by atoms with Crippen molar-refractivity contribution < 1.29 is 23.2 Å². The molecule has 0 aliphatic carbocycles. The zero-order valence-corrected chi connectivity index (χ0v) is 18.1. The maximum absolute atomic E-state index is 12.9. The lowest BCUT2D eigenvalue weighted by Gasteiger charge is -2.33. The van der Waals surface area contributed by atoms with E-state index in [4.69, 9.17) is 46.4 Å². The van der Waals surface area contributed by atoms with Crippen LogP contribution in [0.5, 0.6) is 11.5 Å². The van der Waals surface area contributed by atoms with Crippen LogP contribution >= 0.6 is 46.4 Å². The molecule has 0 amide bonds. The molecule has 0 aliphatic heterocycles. The first-order valence-electron chi connectivity index (χ1n) is 7.89. The van der Waals surface area contributed by atoms with Gasteiger partial charge in [-0.15, -0.1) is 0 Å². The maximum atomic E-state index is 12.9. The third-order valence-electron chi connectivity index (χ3n) is 4.41. The quantitative estimate of drug-likeness (QED) is 0.311. The lowest BCUT2D eigenvalue weighted by molar-refractivity contribution is 0.431. The van der Waals surface area contributed by atoms with Gasteiger partial charge in [-0.05, 0) is 41.5 Å². The van der Waals surface area contributed by atoms with E-state index < -0.39 is 26.4 Å². The molecule has 3 rings (SSSR count). The van der Waals surface area contributed by atoms with Crippen molar-refractivity contribution in [2.24, 2.45) is 0 Å². The Morgan fingerprint density at radius 1 is 0.690 bits per heavy atom. The molecule has 0 aliphatic rings. The highest BCUT2D eigenvalue weighted by Gasteiger charge is 2.50. The highest BCUT2D eigenvalue weighted by molar-refractivity contribution is 7.87. The lowest BCUT2D eigenvalue weighted by atomic mass is 9.83. The maximum Gasteiger partial charge on any atom is 0.283 e. The molecule has 0 spiro atoms. The third kappa shape index (κ3) is 3.77. The highest BCUT2D eigenvalue weighted by atomic mass is 35.5. The molecule has 1 atom stereocenters. The number of halogens is 4. The number of hydrogen-bond donors (Lipinski definition) is 3. The molecule has 3 aromatic carbocycles. The van der Waals surface area contributed by atoms with E-state index in [9.17, 15) is 23.2 Å². The smallest absolute Gasteiger partial charge is 0.283 e. The second kappa shape index (κ2) is 7.87. The van der Waals surface area contributed by atoms with Gasteiger partial charge in [-0.25, -0.2) is 0 Å². The number of benzene rings is 3. The van der Waals surface area contributed by atoms with Crippen LogP contribution < -0.4 is 0 Å². The Kier molecular flexibility index (Phi) is 5.98. The van der Waals surface area contributed by atoms with Gasteiger partial charge in [0.2, 0.25) is 0 Å². The molecule has 152 valence electrons. The molecule has 0 aromatic heterocycles. The van der Waals surface area contributed by atoms with Crippen LogP contribution in [0.2, 0.25) is 20.1 Å². The van der Waals surface area contributed by atoms with Gasteiger partial charge in [-0.2, -0.15) is 8.42 Å². The molecule has 0 saturated carbocycles. The molecule has 3 aromatic rings. The van der Waals surface area contributed by atoms with Crippen LogP contribution in [-0.2, 0) is 14.9 Å². The third-order valence-corrected chi connectivity index (χ3v) is 7.17. The Hall–Kier alpha value is -1.67. The number of hydrogen-bond acceptors (Lipinski definition) is 4. The molecule has 0 bridgehead atoms. The van der Waals surface area contributed by atoms with E-state index in [0.717, 1.165) is 12.1 Å². The highest BCUT2D eigenvalue weighted by Crippen LogP contribution is 2.50. The summed E-state index contributed by atoms with van der Waals surface area (Å²) in [5.74, 6) is -1.09. The first-order valence-corrected chi connectivity index (χ1v) is 10.8. The van der Waals surface area contributed by atoms with Crippen LogP contribution in [0.3, 0.4) is 0 Å². The van der Waals surface area contributed by atoms with Crippen LogP contribution in [-0.4, -0.2) is 23.2 Å². The number of phenolic OH excluding ortho intramolecular Hbond substituents is 2. The van der Waals surface area contributed by atoms with Crippen LogP contribution in [0.15, 0.2) is 54.6 Å². The molecule has 29 heavy (non-hydrogen) atoms. The normalized spacial score (nSPS) is 13.8. The van der Waals surface area contributed by atoms with Gasteiger partial charge in [0.15, 0.2) is 4.75 Å². The van der Waals surface area contributed by atoms with Gasteiger partial charge in [0.1, 0.15) is 11.5 Å². The monoisotopic (exact) mass is 492 g/mol. The minimum Gasteiger partial charge on any atom is -0.507 e. The van der Waals surface area contributed by atoms with Crippen molar-refractivity contribution in [1.29, 1.82) is 0 Å². The molecule has 0 fully saturated rings. The summed E-state index contributed by atoms with van der Waals surface area (Å²) < 4.78 is 33.9. The Morgan fingerprint density at radius 3 is 1.83 bits per heavy atom. The zero-order valence-electron chi connectivity index (χ0n) is 14.3. The standard InChI is InChI=1S/C19H12Cl4O5S/c20-12-4-1-10(2-5-12)19(29(26,27)28,11-3-6-14(21)15(22)7-11)13-8-16(23)18(25)9-17(13)24/h1-9,24-25H,(H,26,27,28). The first-order chi connectivity index (χ1) is 13.5. The molecule has 0 saturated heterocycles. The zero-order chi connectivity index (χ0) is 21.6. The van der Waals surface area contributed by atoms with Crippen LogP contribution in [0.1, 0.15) is 16.7 Å². The summed E-state index contributed by atoms with van der Waals surface area (Å²) in [5, 5.41) is 20.6. The summed E-state index contributed by atoms with van der Waals surface area (Å²) in [7, 11) is -5.03. The number of phenols is 2. The van der Waals surface area contributed by atoms with Gasteiger partial charge in [0, 0.05) is 16.7 Å². The SMILES string of the molecule is O=S(=O)(O)C(c1ccc(Cl)cc1)(c1ccc(Cl)c(Cl)c1)c1cc(Cl)c(O)cc1O. The van der Waals surface area contributed by atoms with E-state index >= 15 is 0 Å². The van der Waals surface area contributed by atoms with Crippen molar-refractivity contribution in [2.75, 3.05) is 0 Å². The summed E-state index contributed by atoms with van der Waals surface area (Å²) in [6.45, 7) is 0. The number of aromatic hydroxyl groups is 2. The van der Waals surface area contributed by atoms with E-state index in [1.54, 1.807) is 0 Å². The van der Waals surface area contributed by atoms with Crippen molar-refractivity contribution >= 4 is 56.5 Å². The average molecular weight is 494 g/mol. The minimum atomic E-state index is -5.03. The van der Waals surface area contributed by atoms with Gasteiger partial charge < -0.3 is 10.2 Å². The fraction of sp³-hybridized carbons (Fsp3) is 0.0526. The van der Waals surface area contributed by atoms with Gasteiger partial charge in [-0.3, -0.25) is 4.55 Å². The Balaban J connectivity index is 2.56. The second-order valence-electron chi connectivity index (χ2n) is 6.11. The second-order valence-corrected chi connectivity index (χ2v) is 9.33. The van der Waals surface area contributed by atoms with E-state index in [2.05, 4.69) is 0 Å². The topological polar surface area (TPSA) is 94.8 Å². The molecule has 5 nitrogen and oxygen atoms in total. The van der Waals surface area contributed by atoms with E-state index in [1.165, 1.54) is 42.5 Å². The molecule has 10 heteroatoms. The summed E-state index contributed by atoms with van der Waals surface area (Å²) >= 11 is 24.0. The van der Waals surface area contributed by atoms with Crippen molar-refractivity contribution in [1.82, 2.24) is 0 Å². The summed E-state index contributed by atoms with van der Waals surface area (Å²) in [6.07, 6.45) is 0. The van der Waals surface area contributed by atoms with Gasteiger partial charge in [0.05, 0.1) is 15.1 Å². The van der Waals surface area contributed by atoms with E-state index in [1.807, 2.05) is 0 Å². The Bertz CT molecular complexity index is 1200. The minimum absolute atomic E-state index is 0.0196. The molecular formula is C19H12Cl4O5S. The molecule has 3 N–H and O–H groups in total. The summed E-state index contributed by atoms with van der Waals surface area (Å²) in [5.41, 5.74) is -0.280. The fourth-order valence-electron chi connectivity index (χ4n) is 3.15. The molecule has 0 heterocycles. The van der Waals surface area contributed by atoms with E-state index in [0.29, 0.717) is 5.02 Å². The van der Waals surface area contributed by atoms with Gasteiger partial charge in [-0.1, -0.05) is 64.6 Å². The average Bonchev–Trinajstić information content (AvgIpc) is 2.63. The largest absolute Gasteiger partial charge is 0.507 e. The van der Waals surface area contributed by atoms with E-state index in [-0.39, 0.29) is 31.8 Å². The van der Waals surface area contributed by atoms with Crippen LogP contribution in [0.4, 0.5) is 0 Å². The van der Waals surface area contributed by atoms with Crippen molar-refractivity contribution in [3.8, 4) is 11.5 Å². The molecule has 1 unspecified atom stereocenters. The van der Waals surface area contributed by atoms with Crippen LogP contribution in [0, 0.1) is 0 Å². The summed E-state index contributed by atoms with van der Waals surface area (Å²) in [6, 6.07) is 11.5. The first kappa shape index (κ1) is 22.0. The number of rotatable bonds is 4. The predicted octanol–water partition coefficient (Wildman–Crippen LogP) is 5.89. The van der Waals surface area contributed by atoms with Crippen molar-refractivity contribution in [3.05, 3.63) is 91.4 Å². The predicted molar refractivity (Wildman–Crippen MR) is 114 cm³/mol. The lowest BCUT2D eigenvalue weighted by Crippen LogP contribution is -2.38. The Morgan fingerprint density at radius 2 is 1.28 bits per heavy atom. The van der Waals surface area contributed by atoms with Crippen LogP contribution in [0.25, 0.3) is 0 Å². The van der Waals surface area contributed by atoms with Crippen molar-refractivity contribution in [3.63, 3.8) is 0 Å². The Labute approximate surface area is 186 Å². The molecule has 0 radical (unpaired) electrons. The van der Waals surface area contributed by atoms with Gasteiger partial charge in [0.25, 0.3) is 10.1 Å².